The van der Waals surface area contributed by atoms with Gasteiger partial charge in [-0.1, -0.05) is 12.1 Å². The number of benzene rings is 1. The number of esters is 1. The molecule has 0 aromatic heterocycles. The van der Waals surface area contributed by atoms with Gasteiger partial charge in [-0.2, -0.15) is 0 Å². The Balaban J connectivity index is 2.39. The van der Waals surface area contributed by atoms with Gasteiger partial charge < -0.3 is 9.64 Å². The Kier molecular flexibility index (Phi) is 6.77. The highest BCUT2D eigenvalue weighted by molar-refractivity contribution is 5.96. The maximum Gasteiger partial charge on any atom is 0.305 e. The molecule has 0 saturated carbocycles. The van der Waals surface area contributed by atoms with Gasteiger partial charge in [-0.25, -0.2) is 0 Å². The standard InChI is InChI=1S/C16H23NO3/c1-4-20-16(19)11-6-5-10-15(18)13-8-7-9-14(12-13)17(2)3/h7-9,12H,4-6,10-11H2,1-3H3. The molecular formula is C16H23NO3. The Hall–Kier alpha value is -1.84. The first-order valence-electron chi connectivity index (χ1n) is 7.00. The maximum atomic E-state index is 12.1. The summed E-state index contributed by atoms with van der Waals surface area (Å²) in [5.74, 6) is -0.0629. The van der Waals surface area contributed by atoms with E-state index in [2.05, 4.69) is 0 Å². The number of Topliss-reactive ketones (excluding diaryl/α,β-unsaturated/α-hetero) is 1. The van der Waals surface area contributed by atoms with Crippen molar-refractivity contribution in [3.63, 3.8) is 0 Å². The van der Waals surface area contributed by atoms with E-state index < -0.39 is 0 Å². The third kappa shape index (κ3) is 5.43. The average Bonchev–Trinajstić information content (AvgIpc) is 2.43. The van der Waals surface area contributed by atoms with E-state index in [9.17, 15) is 9.59 Å². The Labute approximate surface area is 120 Å². The molecule has 0 amide bonds. The first kappa shape index (κ1) is 16.2. The number of carbonyl (C=O) groups is 2. The van der Waals surface area contributed by atoms with Crippen LogP contribution < -0.4 is 4.90 Å². The molecular weight excluding hydrogens is 254 g/mol. The van der Waals surface area contributed by atoms with Crippen LogP contribution in [0.2, 0.25) is 0 Å². The summed E-state index contributed by atoms with van der Waals surface area (Å²) >= 11 is 0. The predicted molar refractivity (Wildman–Crippen MR) is 80.2 cm³/mol. The molecule has 0 atom stereocenters. The van der Waals surface area contributed by atoms with Gasteiger partial charge in [0.15, 0.2) is 5.78 Å². The molecule has 0 radical (unpaired) electrons. The number of carbonyl (C=O) groups excluding carboxylic acids is 2. The zero-order valence-corrected chi connectivity index (χ0v) is 12.5. The van der Waals surface area contributed by atoms with E-state index >= 15 is 0 Å². The van der Waals surface area contributed by atoms with E-state index in [0.717, 1.165) is 11.3 Å². The van der Waals surface area contributed by atoms with Gasteiger partial charge in [0.2, 0.25) is 0 Å². The summed E-state index contributed by atoms with van der Waals surface area (Å²) in [4.78, 5) is 25.2. The third-order valence-corrected chi connectivity index (χ3v) is 3.02. The minimum atomic E-state index is -0.186. The maximum absolute atomic E-state index is 12.1. The normalized spacial score (nSPS) is 10.2. The number of rotatable bonds is 8. The van der Waals surface area contributed by atoms with E-state index in [0.29, 0.717) is 32.3 Å². The van der Waals surface area contributed by atoms with Crippen molar-refractivity contribution in [2.75, 3.05) is 25.6 Å². The lowest BCUT2D eigenvalue weighted by atomic mass is 10.0. The zero-order valence-electron chi connectivity index (χ0n) is 12.5. The van der Waals surface area contributed by atoms with E-state index in [4.69, 9.17) is 4.74 Å². The van der Waals surface area contributed by atoms with Crippen LogP contribution in [0.5, 0.6) is 0 Å². The number of ether oxygens (including phenoxy) is 1. The Morgan fingerprint density at radius 1 is 1.15 bits per heavy atom. The molecule has 0 spiro atoms. The first-order chi connectivity index (χ1) is 9.54. The van der Waals surface area contributed by atoms with Gasteiger partial charge in [-0.15, -0.1) is 0 Å². The quantitative estimate of drug-likeness (QED) is 0.416. The van der Waals surface area contributed by atoms with E-state index in [1.54, 1.807) is 6.92 Å². The van der Waals surface area contributed by atoms with Crippen LogP contribution in [0.3, 0.4) is 0 Å². The van der Waals surface area contributed by atoms with Gasteiger partial charge in [0.25, 0.3) is 0 Å². The summed E-state index contributed by atoms with van der Waals surface area (Å²) < 4.78 is 4.85. The summed E-state index contributed by atoms with van der Waals surface area (Å²) in [5.41, 5.74) is 1.75. The first-order valence-corrected chi connectivity index (χ1v) is 7.00. The monoisotopic (exact) mass is 277 g/mol. The molecule has 4 heteroatoms. The van der Waals surface area contributed by atoms with Gasteiger partial charge >= 0.3 is 5.97 Å². The van der Waals surface area contributed by atoms with Crippen LogP contribution >= 0.6 is 0 Å². The molecule has 0 aliphatic carbocycles. The topological polar surface area (TPSA) is 46.6 Å². The third-order valence-electron chi connectivity index (χ3n) is 3.02. The zero-order chi connectivity index (χ0) is 15.0. The van der Waals surface area contributed by atoms with Crippen molar-refractivity contribution < 1.29 is 14.3 Å². The summed E-state index contributed by atoms with van der Waals surface area (Å²) in [7, 11) is 3.89. The fourth-order valence-corrected chi connectivity index (χ4v) is 1.89. The molecule has 0 fully saturated rings. The largest absolute Gasteiger partial charge is 0.466 e. The molecule has 1 aromatic rings. The van der Waals surface area contributed by atoms with E-state index in [1.165, 1.54) is 0 Å². The predicted octanol–water partition coefficient (Wildman–Crippen LogP) is 3.06. The Morgan fingerprint density at radius 3 is 2.50 bits per heavy atom. The average molecular weight is 277 g/mol. The van der Waals surface area contributed by atoms with Gasteiger partial charge in [0, 0.05) is 38.2 Å². The number of nitrogens with zero attached hydrogens (tertiary/aromatic N) is 1. The minimum Gasteiger partial charge on any atom is -0.466 e. The molecule has 0 heterocycles. The van der Waals surface area contributed by atoms with Crippen molar-refractivity contribution in [1.29, 1.82) is 0 Å². The highest BCUT2D eigenvalue weighted by atomic mass is 16.5. The smallest absolute Gasteiger partial charge is 0.305 e. The molecule has 0 saturated heterocycles. The lowest BCUT2D eigenvalue weighted by molar-refractivity contribution is -0.143. The molecule has 20 heavy (non-hydrogen) atoms. The van der Waals surface area contributed by atoms with Crippen molar-refractivity contribution in [3.8, 4) is 0 Å². The molecule has 1 aromatic carbocycles. The van der Waals surface area contributed by atoms with Crippen molar-refractivity contribution in [3.05, 3.63) is 29.8 Å². The summed E-state index contributed by atoms with van der Waals surface area (Å²) in [6.45, 7) is 2.20. The van der Waals surface area contributed by atoms with Crippen LogP contribution in [0.4, 0.5) is 5.69 Å². The summed E-state index contributed by atoms with van der Waals surface area (Å²) in [6, 6.07) is 7.59. The molecule has 0 N–H and O–H groups in total. The molecule has 0 bridgehead atoms. The number of ketones is 1. The van der Waals surface area contributed by atoms with Gasteiger partial charge in [-0.05, 0) is 31.9 Å². The Bertz CT molecular complexity index is 455. The molecule has 4 nitrogen and oxygen atoms in total. The molecule has 0 aliphatic heterocycles. The summed E-state index contributed by atoms with van der Waals surface area (Å²) in [6.07, 6.45) is 2.26. The van der Waals surface area contributed by atoms with Gasteiger partial charge in [0.1, 0.15) is 0 Å². The number of hydrogen-bond donors (Lipinski definition) is 0. The van der Waals surface area contributed by atoms with E-state index in [-0.39, 0.29) is 11.8 Å². The highest BCUT2D eigenvalue weighted by Crippen LogP contribution is 2.16. The van der Waals surface area contributed by atoms with Crippen LogP contribution in [-0.4, -0.2) is 32.5 Å². The van der Waals surface area contributed by atoms with Crippen LogP contribution in [-0.2, 0) is 9.53 Å². The second-order valence-electron chi connectivity index (χ2n) is 4.88. The Morgan fingerprint density at radius 2 is 1.85 bits per heavy atom. The lowest BCUT2D eigenvalue weighted by Gasteiger charge is -2.13. The highest BCUT2D eigenvalue weighted by Gasteiger charge is 2.08. The minimum absolute atomic E-state index is 0.123. The van der Waals surface area contributed by atoms with Crippen molar-refractivity contribution >= 4 is 17.4 Å². The fourth-order valence-electron chi connectivity index (χ4n) is 1.89. The number of unbranched alkanes of at least 4 members (excludes halogenated alkanes) is 1. The van der Waals surface area contributed by atoms with Crippen molar-refractivity contribution in [2.24, 2.45) is 0 Å². The van der Waals surface area contributed by atoms with Gasteiger partial charge in [-0.3, -0.25) is 9.59 Å². The van der Waals surface area contributed by atoms with Crippen LogP contribution in [0.1, 0.15) is 43.0 Å². The van der Waals surface area contributed by atoms with E-state index in [1.807, 2.05) is 43.3 Å². The summed E-state index contributed by atoms with van der Waals surface area (Å²) in [5, 5.41) is 0. The second-order valence-corrected chi connectivity index (χ2v) is 4.88. The second kappa shape index (κ2) is 8.35. The molecule has 0 aliphatic rings. The molecule has 1 rings (SSSR count). The van der Waals surface area contributed by atoms with Crippen LogP contribution in [0, 0.1) is 0 Å². The van der Waals surface area contributed by atoms with Gasteiger partial charge in [0.05, 0.1) is 6.61 Å². The SMILES string of the molecule is CCOC(=O)CCCCC(=O)c1cccc(N(C)C)c1. The fraction of sp³-hybridized carbons (Fsp3) is 0.500. The molecule has 110 valence electrons. The lowest BCUT2D eigenvalue weighted by Crippen LogP contribution is -2.10. The van der Waals surface area contributed by atoms with Crippen LogP contribution in [0.15, 0.2) is 24.3 Å². The van der Waals surface area contributed by atoms with Crippen molar-refractivity contribution in [1.82, 2.24) is 0 Å². The number of anilines is 1. The van der Waals surface area contributed by atoms with Crippen LogP contribution in [0.25, 0.3) is 0 Å². The molecule has 0 unspecified atom stereocenters. The van der Waals surface area contributed by atoms with Crippen molar-refractivity contribution in [2.45, 2.75) is 32.6 Å². The number of hydrogen-bond acceptors (Lipinski definition) is 4.